The Morgan fingerprint density at radius 2 is 0.933 bits per heavy atom. The van der Waals surface area contributed by atoms with Crippen LogP contribution in [0.2, 0.25) is 0 Å². The molecule has 0 saturated heterocycles. The molecule has 0 aromatic heterocycles. The first kappa shape index (κ1) is 14.2. The molecule has 0 aromatic carbocycles. The predicted molar refractivity (Wildman–Crippen MR) is 53.8 cm³/mol. The summed E-state index contributed by atoms with van der Waals surface area (Å²) >= 11 is 0. The maximum absolute atomic E-state index is 9.91. The first-order chi connectivity index (χ1) is 7.41. The summed E-state index contributed by atoms with van der Waals surface area (Å²) in [6, 6.07) is 0. The maximum atomic E-state index is 9.91. The zero-order valence-corrected chi connectivity index (χ0v) is 8.85. The van der Waals surface area contributed by atoms with E-state index in [0.717, 1.165) is 12.6 Å². The number of carbonyl (C=O) groups excluding carboxylic acids is 2. The summed E-state index contributed by atoms with van der Waals surface area (Å²) in [5, 5.41) is 0. The normalized spacial score (nSPS) is 10.1. The van der Waals surface area contributed by atoms with Gasteiger partial charge in [-0.2, -0.15) is 0 Å². The molecule has 0 spiro atoms. The second-order valence-electron chi connectivity index (χ2n) is 2.75. The molecule has 5 nitrogen and oxygen atoms in total. The summed E-state index contributed by atoms with van der Waals surface area (Å²) in [7, 11) is 0. The van der Waals surface area contributed by atoms with Crippen molar-refractivity contribution in [3.8, 4) is 0 Å². The van der Waals surface area contributed by atoms with Crippen molar-refractivity contribution in [2.75, 3.05) is 39.6 Å². The van der Waals surface area contributed by atoms with Crippen LogP contribution in [0, 0.1) is 0 Å². The fourth-order valence-corrected chi connectivity index (χ4v) is 0.805. The van der Waals surface area contributed by atoms with E-state index >= 15 is 0 Å². The molecule has 0 N–H and O–H groups in total. The lowest BCUT2D eigenvalue weighted by molar-refractivity contribution is -0.109. The van der Waals surface area contributed by atoms with Gasteiger partial charge in [0, 0.05) is 12.8 Å². The monoisotopic (exact) mass is 218 g/mol. The lowest BCUT2D eigenvalue weighted by atomic mass is 10.5. The third-order valence-electron chi connectivity index (χ3n) is 1.50. The summed E-state index contributed by atoms with van der Waals surface area (Å²) in [5.41, 5.74) is 0. The Labute approximate surface area is 89.7 Å². The summed E-state index contributed by atoms with van der Waals surface area (Å²) in [4.78, 5) is 19.8. The SMILES string of the molecule is O=CCCOCCOCCOCCC=O. The van der Waals surface area contributed by atoms with Crippen LogP contribution < -0.4 is 0 Å². The molecule has 0 unspecified atom stereocenters. The quantitative estimate of drug-likeness (QED) is 0.346. The van der Waals surface area contributed by atoms with Gasteiger partial charge in [-0.3, -0.25) is 0 Å². The zero-order valence-electron chi connectivity index (χ0n) is 8.85. The largest absolute Gasteiger partial charge is 0.379 e. The Kier molecular flexibility index (Phi) is 12.5. The third-order valence-corrected chi connectivity index (χ3v) is 1.50. The summed E-state index contributed by atoms with van der Waals surface area (Å²) in [6.45, 7) is 2.86. The van der Waals surface area contributed by atoms with Gasteiger partial charge in [0.05, 0.1) is 39.6 Å². The fourth-order valence-electron chi connectivity index (χ4n) is 0.805. The van der Waals surface area contributed by atoms with Gasteiger partial charge in [-0.05, 0) is 0 Å². The van der Waals surface area contributed by atoms with Crippen molar-refractivity contribution in [2.24, 2.45) is 0 Å². The van der Waals surface area contributed by atoms with E-state index in [1.54, 1.807) is 0 Å². The van der Waals surface area contributed by atoms with Gasteiger partial charge in [0.1, 0.15) is 12.6 Å². The highest BCUT2D eigenvalue weighted by Gasteiger charge is 1.91. The number of hydrogen-bond acceptors (Lipinski definition) is 5. The highest BCUT2D eigenvalue weighted by molar-refractivity contribution is 5.49. The van der Waals surface area contributed by atoms with E-state index in [9.17, 15) is 9.59 Å². The molecule has 0 bridgehead atoms. The number of hydrogen-bond donors (Lipinski definition) is 0. The minimum absolute atomic E-state index is 0.425. The summed E-state index contributed by atoms with van der Waals surface area (Å²) in [5.74, 6) is 0. The molecule has 5 heteroatoms. The highest BCUT2D eigenvalue weighted by Crippen LogP contribution is 1.83. The molecule has 0 fully saturated rings. The molecule has 0 aliphatic carbocycles. The molecule has 0 aliphatic heterocycles. The third kappa shape index (κ3) is 13.2. The fraction of sp³-hybridized carbons (Fsp3) is 0.800. The molecule has 0 amide bonds. The van der Waals surface area contributed by atoms with E-state index < -0.39 is 0 Å². The van der Waals surface area contributed by atoms with Crippen LogP contribution in [-0.4, -0.2) is 52.2 Å². The molecule has 0 atom stereocenters. The minimum Gasteiger partial charge on any atom is -0.379 e. The molecule has 88 valence electrons. The lowest BCUT2D eigenvalue weighted by Gasteiger charge is -2.04. The van der Waals surface area contributed by atoms with Crippen LogP contribution in [-0.2, 0) is 23.8 Å². The Balaban J connectivity index is 2.86. The topological polar surface area (TPSA) is 61.8 Å². The van der Waals surface area contributed by atoms with Crippen LogP contribution in [0.1, 0.15) is 12.8 Å². The van der Waals surface area contributed by atoms with Crippen molar-refractivity contribution in [3.63, 3.8) is 0 Å². The smallest absolute Gasteiger partial charge is 0.122 e. The molecular weight excluding hydrogens is 200 g/mol. The van der Waals surface area contributed by atoms with Crippen LogP contribution in [0.3, 0.4) is 0 Å². The Morgan fingerprint density at radius 3 is 1.27 bits per heavy atom. The van der Waals surface area contributed by atoms with Crippen LogP contribution in [0.5, 0.6) is 0 Å². The van der Waals surface area contributed by atoms with Gasteiger partial charge in [-0.1, -0.05) is 0 Å². The van der Waals surface area contributed by atoms with E-state index in [2.05, 4.69) is 0 Å². The van der Waals surface area contributed by atoms with Crippen molar-refractivity contribution in [1.29, 1.82) is 0 Å². The van der Waals surface area contributed by atoms with Gasteiger partial charge in [-0.15, -0.1) is 0 Å². The molecule has 0 rings (SSSR count). The molecular formula is C10H18O5. The minimum atomic E-state index is 0.425. The molecule has 0 saturated carbocycles. The van der Waals surface area contributed by atoms with E-state index in [0.29, 0.717) is 52.5 Å². The Hall–Kier alpha value is -0.780. The number of ether oxygens (including phenoxy) is 3. The second kappa shape index (κ2) is 13.2. The molecule has 0 aliphatic rings. The average molecular weight is 218 g/mol. The first-order valence-electron chi connectivity index (χ1n) is 5.02. The van der Waals surface area contributed by atoms with Gasteiger partial charge in [-0.25, -0.2) is 0 Å². The van der Waals surface area contributed by atoms with E-state index in [-0.39, 0.29) is 0 Å². The number of rotatable bonds is 12. The van der Waals surface area contributed by atoms with E-state index in [4.69, 9.17) is 14.2 Å². The second-order valence-corrected chi connectivity index (χ2v) is 2.75. The van der Waals surface area contributed by atoms with Crippen molar-refractivity contribution < 1.29 is 23.8 Å². The highest BCUT2D eigenvalue weighted by atomic mass is 16.5. The summed E-state index contributed by atoms with van der Waals surface area (Å²) < 4.78 is 15.3. The van der Waals surface area contributed by atoms with Crippen LogP contribution in [0.25, 0.3) is 0 Å². The van der Waals surface area contributed by atoms with Gasteiger partial charge in [0.2, 0.25) is 0 Å². The van der Waals surface area contributed by atoms with Gasteiger partial charge in [0.15, 0.2) is 0 Å². The first-order valence-corrected chi connectivity index (χ1v) is 5.02. The Morgan fingerprint density at radius 1 is 0.600 bits per heavy atom. The van der Waals surface area contributed by atoms with Crippen molar-refractivity contribution in [3.05, 3.63) is 0 Å². The lowest BCUT2D eigenvalue weighted by Crippen LogP contribution is -2.10. The molecule has 0 heterocycles. The van der Waals surface area contributed by atoms with Crippen molar-refractivity contribution in [1.82, 2.24) is 0 Å². The van der Waals surface area contributed by atoms with Crippen LogP contribution in [0.15, 0.2) is 0 Å². The number of carbonyl (C=O) groups is 2. The van der Waals surface area contributed by atoms with E-state index in [1.165, 1.54) is 0 Å². The predicted octanol–water partition coefficient (Wildman–Crippen LogP) is 0.214. The van der Waals surface area contributed by atoms with E-state index in [1.807, 2.05) is 0 Å². The van der Waals surface area contributed by atoms with Crippen molar-refractivity contribution in [2.45, 2.75) is 12.8 Å². The zero-order chi connectivity index (χ0) is 11.2. The van der Waals surface area contributed by atoms with Gasteiger partial charge in [0.25, 0.3) is 0 Å². The summed E-state index contributed by atoms with van der Waals surface area (Å²) in [6.07, 6.45) is 2.49. The Bertz CT molecular complexity index is 133. The average Bonchev–Trinajstić information content (AvgIpc) is 2.26. The van der Waals surface area contributed by atoms with Gasteiger partial charge < -0.3 is 23.8 Å². The van der Waals surface area contributed by atoms with Crippen molar-refractivity contribution >= 4 is 12.6 Å². The molecule has 15 heavy (non-hydrogen) atoms. The number of aldehydes is 2. The van der Waals surface area contributed by atoms with Gasteiger partial charge >= 0.3 is 0 Å². The molecule has 0 aromatic rings. The van der Waals surface area contributed by atoms with Crippen LogP contribution in [0.4, 0.5) is 0 Å². The molecule has 0 radical (unpaired) electrons. The standard InChI is InChI=1S/C10H18O5/c11-3-1-5-13-7-9-15-10-8-14-6-2-4-12/h3-4H,1-2,5-10H2. The maximum Gasteiger partial charge on any atom is 0.122 e. The van der Waals surface area contributed by atoms with Crippen LogP contribution >= 0.6 is 0 Å².